The van der Waals surface area contributed by atoms with Crippen molar-refractivity contribution in [2.24, 2.45) is 0 Å². The maximum atomic E-state index is 12.1. The van der Waals surface area contributed by atoms with Gasteiger partial charge < -0.3 is 5.32 Å². The highest BCUT2D eigenvalue weighted by molar-refractivity contribution is 6.30. The normalized spacial score (nSPS) is 15.1. The Kier molecular flexibility index (Phi) is 10.2. The van der Waals surface area contributed by atoms with Gasteiger partial charge in [0.1, 0.15) is 0 Å². The van der Waals surface area contributed by atoms with Gasteiger partial charge in [0.2, 0.25) is 5.91 Å². The molecule has 1 aliphatic rings. The van der Waals surface area contributed by atoms with Gasteiger partial charge >= 0.3 is 0 Å². The van der Waals surface area contributed by atoms with Crippen molar-refractivity contribution in [2.75, 3.05) is 7.05 Å². The maximum Gasteiger partial charge on any atom is 0.230 e. The highest BCUT2D eigenvalue weighted by Gasteiger charge is 2.41. The van der Waals surface area contributed by atoms with Crippen LogP contribution in [0.1, 0.15) is 65.4 Å². The number of likely N-dealkylation sites (N-methyl/N-ethyl adjacent to an activating group) is 1. The lowest BCUT2D eigenvalue weighted by molar-refractivity contribution is -0.126. The average Bonchev–Trinajstić information content (AvgIpc) is 3.01. The summed E-state index contributed by atoms with van der Waals surface area (Å²) in [6.07, 6.45) is 5.37. The lowest BCUT2D eigenvalue weighted by Crippen LogP contribution is -2.40. The summed E-state index contributed by atoms with van der Waals surface area (Å²) < 4.78 is 0. The Morgan fingerprint density at radius 3 is 1.95 bits per heavy atom. The Balaban J connectivity index is 0.000000713. The van der Waals surface area contributed by atoms with Crippen molar-refractivity contribution in [3.63, 3.8) is 0 Å². The third-order valence-electron chi connectivity index (χ3n) is 3.52. The zero-order valence-corrected chi connectivity index (χ0v) is 14.9. The Morgan fingerprint density at radius 1 is 1.14 bits per heavy atom. The number of hydrogen-bond acceptors (Lipinski definition) is 1. The molecule has 1 saturated carbocycles. The monoisotopic (exact) mass is 311 g/mol. The van der Waals surface area contributed by atoms with Gasteiger partial charge in [-0.05, 0) is 30.5 Å². The number of halogens is 1. The van der Waals surface area contributed by atoms with Crippen molar-refractivity contribution < 1.29 is 4.79 Å². The van der Waals surface area contributed by atoms with Crippen LogP contribution in [0.15, 0.2) is 24.3 Å². The minimum atomic E-state index is -0.320. The molecule has 0 saturated heterocycles. The summed E-state index contributed by atoms with van der Waals surface area (Å²) in [4.78, 5) is 12.1. The number of amides is 1. The fourth-order valence-electron chi connectivity index (χ4n) is 2.63. The van der Waals surface area contributed by atoms with Crippen LogP contribution in [0.5, 0.6) is 0 Å². The lowest BCUT2D eigenvalue weighted by atomic mass is 9.78. The summed E-state index contributed by atoms with van der Waals surface area (Å²) >= 11 is 5.88. The van der Waals surface area contributed by atoms with E-state index in [-0.39, 0.29) is 11.3 Å². The van der Waals surface area contributed by atoms with Gasteiger partial charge in [0, 0.05) is 12.1 Å². The first-order chi connectivity index (χ1) is 10.1. The molecule has 1 aliphatic carbocycles. The molecule has 21 heavy (non-hydrogen) atoms. The molecule has 120 valence electrons. The molecule has 0 heterocycles. The molecule has 0 unspecified atom stereocenters. The zero-order valence-electron chi connectivity index (χ0n) is 14.1. The third kappa shape index (κ3) is 5.35. The van der Waals surface area contributed by atoms with Crippen LogP contribution >= 0.6 is 11.6 Å². The Morgan fingerprint density at radius 2 is 1.57 bits per heavy atom. The molecule has 1 fully saturated rings. The third-order valence-corrected chi connectivity index (χ3v) is 3.77. The van der Waals surface area contributed by atoms with Gasteiger partial charge in [-0.3, -0.25) is 4.79 Å². The van der Waals surface area contributed by atoms with E-state index in [0.717, 1.165) is 31.2 Å². The highest BCUT2D eigenvalue weighted by Crippen LogP contribution is 2.41. The second-order valence-electron chi connectivity index (χ2n) is 5.08. The summed E-state index contributed by atoms with van der Waals surface area (Å²) in [5, 5.41) is 3.51. The molecule has 0 bridgehead atoms. The van der Waals surface area contributed by atoms with Crippen molar-refractivity contribution in [3.8, 4) is 0 Å². The van der Waals surface area contributed by atoms with E-state index in [1.807, 2.05) is 38.1 Å². The van der Waals surface area contributed by atoms with E-state index >= 15 is 0 Å². The number of hydrogen-bond donors (Lipinski definition) is 1. The largest absolute Gasteiger partial charge is 0.358 e. The first kappa shape index (κ1) is 20.0. The molecule has 0 aliphatic heterocycles. The molecular formula is C18H30ClNO. The number of rotatable bonds is 2. The smallest absolute Gasteiger partial charge is 0.230 e. The molecule has 0 spiro atoms. The SMILES string of the molecule is CC.CCC.CNC(=O)C1(c2ccc(Cl)cc2)CCCC1. The van der Waals surface area contributed by atoms with E-state index in [1.54, 1.807) is 7.05 Å². The molecule has 1 aromatic rings. The predicted molar refractivity (Wildman–Crippen MR) is 93.0 cm³/mol. The van der Waals surface area contributed by atoms with Crippen molar-refractivity contribution in [2.45, 2.75) is 65.2 Å². The van der Waals surface area contributed by atoms with Gasteiger partial charge in [0.05, 0.1) is 5.41 Å². The highest BCUT2D eigenvalue weighted by atomic mass is 35.5. The first-order valence-electron chi connectivity index (χ1n) is 8.09. The average molecular weight is 312 g/mol. The van der Waals surface area contributed by atoms with Crippen molar-refractivity contribution in [1.29, 1.82) is 0 Å². The van der Waals surface area contributed by atoms with E-state index in [1.165, 1.54) is 6.42 Å². The Hall–Kier alpha value is -1.02. The fraction of sp³-hybridized carbons (Fsp3) is 0.611. The molecule has 3 heteroatoms. The summed E-state index contributed by atoms with van der Waals surface area (Å²) in [7, 11) is 1.71. The van der Waals surface area contributed by atoms with Crippen LogP contribution in [0.4, 0.5) is 0 Å². The minimum Gasteiger partial charge on any atom is -0.358 e. The summed E-state index contributed by atoms with van der Waals surface area (Å²) in [5.41, 5.74) is 0.771. The van der Waals surface area contributed by atoms with Crippen LogP contribution < -0.4 is 5.32 Å². The number of carbonyl (C=O) groups is 1. The van der Waals surface area contributed by atoms with Gasteiger partial charge in [-0.25, -0.2) is 0 Å². The quantitative estimate of drug-likeness (QED) is 0.784. The molecule has 0 aromatic heterocycles. The summed E-state index contributed by atoms with van der Waals surface area (Å²) in [6.45, 7) is 8.25. The van der Waals surface area contributed by atoms with Gasteiger partial charge in [-0.2, -0.15) is 0 Å². The van der Waals surface area contributed by atoms with E-state index in [9.17, 15) is 4.79 Å². The number of nitrogens with one attached hydrogen (secondary N) is 1. The minimum absolute atomic E-state index is 0.132. The Bertz CT molecular complexity index is 394. The van der Waals surface area contributed by atoms with Crippen molar-refractivity contribution in [1.82, 2.24) is 5.32 Å². The van der Waals surface area contributed by atoms with Crippen LogP contribution in [0.25, 0.3) is 0 Å². The molecule has 0 atom stereocenters. The van der Waals surface area contributed by atoms with E-state index in [2.05, 4.69) is 19.2 Å². The molecule has 0 radical (unpaired) electrons. The van der Waals surface area contributed by atoms with Gasteiger partial charge in [-0.1, -0.05) is 70.7 Å². The summed E-state index contributed by atoms with van der Waals surface area (Å²) in [5.74, 6) is 0.132. The number of carbonyl (C=O) groups excluding carboxylic acids is 1. The topological polar surface area (TPSA) is 29.1 Å². The van der Waals surface area contributed by atoms with Gasteiger partial charge in [0.15, 0.2) is 0 Å². The molecule has 1 aromatic carbocycles. The lowest BCUT2D eigenvalue weighted by Gasteiger charge is -2.27. The predicted octanol–water partition coefficient (Wildman–Crippen LogP) is 5.34. The van der Waals surface area contributed by atoms with Gasteiger partial charge in [0.25, 0.3) is 0 Å². The molecule has 2 rings (SSSR count). The fourth-order valence-corrected chi connectivity index (χ4v) is 2.76. The van der Waals surface area contributed by atoms with Crippen molar-refractivity contribution in [3.05, 3.63) is 34.9 Å². The first-order valence-corrected chi connectivity index (χ1v) is 8.46. The van der Waals surface area contributed by atoms with Crippen molar-refractivity contribution >= 4 is 17.5 Å². The van der Waals surface area contributed by atoms with Crippen LogP contribution in [-0.4, -0.2) is 13.0 Å². The molecule has 1 amide bonds. The molecule has 2 nitrogen and oxygen atoms in total. The molecular weight excluding hydrogens is 282 g/mol. The van der Waals surface area contributed by atoms with Crippen LogP contribution in [-0.2, 0) is 10.2 Å². The van der Waals surface area contributed by atoms with E-state index in [0.29, 0.717) is 5.02 Å². The van der Waals surface area contributed by atoms with Crippen LogP contribution in [0.3, 0.4) is 0 Å². The Labute approximate surface area is 135 Å². The second kappa shape index (κ2) is 10.7. The second-order valence-corrected chi connectivity index (χ2v) is 5.52. The maximum absolute atomic E-state index is 12.1. The van der Waals surface area contributed by atoms with E-state index < -0.39 is 0 Å². The number of benzene rings is 1. The van der Waals surface area contributed by atoms with E-state index in [4.69, 9.17) is 11.6 Å². The van der Waals surface area contributed by atoms with Gasteiger partial charge in [-0.15, -0.1) is 0 Å². The standard InChI is InChI=1S/C13H16ClNO.C3H8.C2H6/c1-15-12(16)13(8-2-3-9-13)10-4-6-11(14)7-5-10;1-3-2;1-2/h4-7H,2-3,8-9H2,1H3,(H,15,16);3H2,1-2H3;1-2H3. The molecule has 1 N–H and O–H groups in total. The van der Waals surface area contributed by atoms with Crippen LogP contribution in [0, 0.1) is 0 Å². The summed E-state index contributed by atoms with van der Waals surface area (Å²) in [6, 6.07) is 7.67. The zero-order chi connectivity index (χ0) is 16.3. The van der Waals surface area contributed by atoms with Crippen LogP contribution in [0.2, 0.25) is 5.02 Å².